The Bertz CT molecular complexity index is 710. The van der Waals surface area contributed by atoms with E-state index in [9.17, 15) is 30.0 Å². The van der Waals surface area contributed by atoms with Crippen LogP contribution >= 0.6 is 0 Å². The Morgan fingerprint density at radius 1 is 0.550 bits per heavy atom. The molecule has 2 rings (SSSR count). The van der Waals surface area contributed by atoms with Gasteiger partial charge in [-0.2, -0.15) is 0 Å². The summed E-state index contributed by atoms with van der Waals surface area (Å²) in [4.78, 5) is 22.4. The SMILES string of the molecule is C#C.CC(C)OC1OC(C(=O)O)C(OC(C)C)C(O)C1O.CC(C)OC1O[C@H](C(=O)O)[C@@H](OC(C)C)[C@H](O)[C@@H]1O. The molecule has 2 aliphatic rings. The lowest BCUT2D eigenvalue weighted by molar-refractivity contribution is -0.310. The molecule has 234 valence electrons. The smallest absolute Gasteiger partial charge is 0.335 e. The number of aliphatic hydroxyl groups is 4. The van der Waals surface area contributed by atoms with Gasteiger partial charge in [0, 0.05) is 0 Å². The fourth-order valence-corrected chi connectivity index (χ4v) is 3.77. The van der Waals surface area contributed by atoms with Gasteiger partial charge in [-0.05, 0) is 55.4 Å². The highest BCUT2D eigenvalue weighted by Crippen LogP contribution is 2.27. The van der Waals surface area contributed by atoms with Crippen molar-refractivity contribution in [3.05, 3.63) is 0 Å². The molecule has 40 heavy (non-hydrogen) atoms. The summed E-state index contributed by atoms with van der Waals surface area (Å²) in [5, 5.41) is 58.0. The van der Waals surface area contributed by atoms with Gasteiger partial charge in [0.15, 0.2) is 24.8 Å². The lowest BCUT2D eigenvalue weighted by Gasteiger charge is -2.41. The molecule has 6 unspecified atom stereocenters. The Kier molecular flexibility index (Phi) is 17.0. The van der Waals surface area contributed by atoms with Gasteiger partial charge < -0.3 is 59.1 Å². The van der Waals surface area contributed by atoms with E-state index in [2.05, 4.69) is 12.8 Å². The molecule has 14 nitrogen and oxygen atoms in total. The van der Waals surface area contributed by atoms with Gasteiger partial charge in [-0.1, -0.05) is 0 Å². The number of hydrogen-bond donors (Lipinski definition) is 6. The molecule has 10 atom stereocenters. The summed E-state index contributed by atoms with van der Waals surface area (Å²) in [6, 6.07) is 0. The average Bonchev–Trinajstić information content (AvgIpc) is 2.83. The first-order valence-corrected chi connectivity index (χ1v) is 12.9. The van der Waals surface area contributed by atoms with Crippen LogP contribution in [0.1, 0.15) is 55.4 Å². The van der Waals surface area contributed by atoms with Crippen molar-refractivity contribution in [1.82, 2.24) is 0 Å². The fourth-order valence-electron chi connectivity index (χ4n) is 3.77. The highest BCUT2D eigenvalue weighted by molar-refractivity contribution is 5.74. The molecule has 2 heterocycles. The van der Waals surface area contributed by atoms with Crippen molar-refractivity contribution >= 4 is 11.9 Å². The number of terminal acetylenes is 1. The van der Waals surface area contributed by atoms with Crippen molar-refractivity contribution in [1.29, 1.82) is 0 Å². The molecular formula is C26H46O14. The van der Waals surface area contributed by atoms with E-state index < -0.39 is 73.4 Å². The van der Waals surface area contributed by atoms with Crippen molar-refractivity contribution in [2.24, 2.45) is 0 Å². The van der Waals surface area contributed by atoms with Crippen molar-refractivity contribution in [2.45, 2.75) is 141 Å². The lowest BCUT2D eigenvalue weighted by atomic mass is 9.98. The van der Waals surface area contributed by atoms with Gasteiger partial charge in [0.05, 0.1) is 24.4 Å². The summed E-state index contributed by atoms with van der Waals surface area (Å²) in [7, 11) is 0. The van der Waals surface area contributed by atoms with E-state index in [4.69, 9.17) is 38.6 Å². The van der Waals surface area contributed by atoms with Crippen LogP contribution in [-0.4, -0.2) is 128 Å². The van der Waals surface area contributed by atoms with Gasteiger partial charge in [0.2, 0.25) is 0 Å². The molecule has 0 bridgehead atoms. The van der Waals surface area contributed by atoms with Gasteiger partial charge in [-0.25, -0.2) is 9.59 Å². The van der Waals surface area contributed by atoms with Crippen LogP contribution in [0.5, 0.6) is 0 Å². The van der Waals surface area contributed by atoms with Gasteiger partial charge in [-0.15, -0.1) is 12.8 Å². The minimum absolute atomic E-state index is 0.274. The molecule has 2 saturated heterocycles. The number of aliphatic hydroxyl groups excluding tert-OH is 4. The molecule has 0 aromatic heterocycles. The average molecular weight is 583 g/mol. The van der Waals surface area contributed by atoms with Crippen LogP contribution in [0.25, 0.3) is 0 Å². The molecule has 2 aliphatic heterocycles. The third-order valence-electron chi connectivity index (χ3n) is 5.25. The number of rotatable bonds is 10. The van der Waals surface area contributed by atoms with Crippen LogP contribution < -0.4 is 0 Å². The van der Waals surface area contributed by atoms with E-state index in [1.807, 2.05) is 0 Å². The van der Waals surface area contributed by atoms with Gasteiger partial charge in [0.25, 0.3) is 0 Å². The Hall–Kier alpha value is -1.90. The number of carboxylic acids is 2. The van der Waals surface area contributed by atoms with Crippen LogP contribution in [0.3, 0.4) is 0 Å². The number of carboxylic acid groups (broad SMARTS) is 2. The molecule has 0 aromatic carbocycles. The maximum atomic E-state index is 11.2. The summed E-state index contributed by atoms with van der Waals surface area (Å²) >= 11 is 0. The van der Waals surface area contributed by atoms with Gasteiger partial charge in [0.1, 0.15) is 36.6 Å². The maximum Gasteiger partial charge on any atom is 0.335 e. The minimum Gasteiger partial charge on any atom is -0.479 e. The Balaban J connectivity index is 0.000000716. The molecule has 0 aromatic rings. The van der Waals surface area contributed by atoms with E-state index in [0.29, 0.717) is 0 Å². The molecule has 6 N–H and O–H groups in total. The molecule has 0 saturated carbocycles. The highest BCUT2D eigenvalue weighted by Gasteiger charge is 2.50. The number of ether oxygens (including phenoxy) is 6. The Labute approximate surface area is 235 Å². The summed E-state index contributed by atoms with van der Waals surface area (Å²) < 4.78 is 31.6. The summed E-state index contributed by atoms with van der Waals surface area (Å²) in [5.41, 5.74) is 0. The highest BCUT2D eigenvalue weighted by atomic mass is 16.7. The van der Waals surface area contributed by atoms with Crippen molar-refractivity contribution < 1.29 is 68.6 Å². The first-order chi connectivity index (χ1) is 18.5. The van der Waals surface area contributed by atoms with Crippen molar-refractivity contribution in [3.63, 3.8) is 0 Å². The second-order valence-corrected chi connectivity index (χ2v) is 10.2. The van der Waals surface area contributed by atoms with Crippen molar-refractivity contribution in [2.75, 3.05) is 0 Å². The zero-order valence-corrected chi connectivity index (χ0v) is 24.2. The maximum absolute atomic E-state index is 11.2. The molecular weight excluding hydrogens is 536 g/mol. The Morgan fingerprint density at radius 3 is 1.00 bits per heavy atom. The second-order valence-electron chi connectivity index (χ2n) is 10.2. The molecule has 14 heteroatoms. The van der Waals surface area contributed by atoms with Crippen LogP contribution in [-0.2, 0) is 38.0 Å². The van der Waals surface area contributed by atoms with Crippen LogP contribution in [0.2, 0.25) is 0 Å². The zero-order valence-electron chi connectivity index (χ0n) is 24.2. The van der Waals surface area contributed by atoms with E-state index in [1.54, 1.807) is 55.4 Å². The minimum atomic E-state index is -1.39. The topological polar surface area (TPSA) is 211 Å². The molecule has 0 radical (unpaired) electrons. The van der Waals surface area contributed by atoms with E-state index >= 15 is 0 Å². The third kappa shape index (κ3) is 11.5. The van der Waals surface area contributed by atoms with Crippen LogP contribution in [0.4, 0.5) is 0 Å². The number of hydrogen-bond acceptors (Lipinski definition) is 12. The van der Waals surface area contributed by atoms with E-state index in [1.165, 1.54) is 0 Å². The largest absolute Gasteiger partial charge is 0.479 e. The standard InChI is InChI=1S/2C12H22O7.C2H2/c2*1-5(2)17-9-7(13)8(14)12(18-6(3)4)19-10(9)11(15)16;1-2/h2*5-10,12-14H,1-4H3,(H,15,16);1-2H/t7-,8+,9+,10+,12?;;/m1../s1. The molecule has 0 amide bonds. The molecule has 2 fully saturated rings. The van der Waals surface area contributed by atoms with Crippen LogP contribution in [0, 0.1) is 12.8 Å². The predicted octanol–water partition coefficient (Wildman–Crippen LogP) is -0.278. The summed E-state index contributed by atoms with van der Waals surface area (Å²) in [6.45, 7) is 13.7. The van der Waals surface area contributed by atoms with E-state index in [0.717, 1.165) is 0 Å². The normalized spacial score (nSPS) is 34.1. The monoisotopic (exact) mass is 582 g/mol. The zero-order chi connectivity index (χ0) is 31.5. The first-order valence-electron chi connectivity index (χ1n) is 12.9. The van der Waals surface area contributed by atoms with E-state index in [-0.39, 0.29) is 24.4 Å². The van der Waals surface area contributed by atoms with Gasteiger partial charge >= 0.3 is 11.9 Å². The summed E-state index contributed by atoms with van der Waals surface area (Å²) in [5.74, 6) is -2.54. The van der Waals surface area contributed by atoms with Gasteiger partial charge in [-0.3, -0.25) is 0 Å². The Morgan fingerprint density at radius 2 is 0.800 bits per heavy atom. The van der Waals surface area contributed by atoms with Crippen LogP contribution in [0.15, 0.2) is 0 Å². The van der Waals surface area contributed by atoms with Crippen molar-refractivity contribution in [3.8, 4) is 12.8 Å². The summed E-state index contributed by atoms with van der Waals surface area (Å²) in [6.07, 6.45) is -6.09. The molecule has 0 spiro atoms. The first kappa shape index (κ1) is 38.1. The predicted molar refractivity (Wildman–Crippen MR) is 139 cm³/mol. The third-order valence-corrected chi connectivity index (χ3v) is 5.25. The quantitative estimate of drug-likeness (QED) is 0.183. The molecule has 0 aliphatic carbocycles. The lowest BCUT2D eigenvalue weighted by Crippen LogP contribution is -2.61. The number of carbonyl (C=O) groups is 2. The number of aliphatic carboxylic acids is 2. The second kappa shape index (κ2) is 17.8. The fraction of sp³-hybridized carbons (Fsp3) is 0.846.